The Hall–Kier alpha value is -0.433. The molecular weight excluding hydrogens is 248 g/mol. The van der Waals surface area contributed by atoms with E-state index in [2.05, 4.69) is 16.2 Å². The number of hydrogen-bond acceptors (Lipinski definition) is 4. The Morgan fingerprint density at radius 3 is 2.17 bits per heavy atom. The monoisotopic (exact) mass is 275 g/mol. The zero-order chi connectivity index (χ0) is 13.3. The molecule has 0 aromatic carbocycles. The van der Waals surface area contributed by atoms with Gasteiger partial charge < -0.3 is 13.3 Å². The third-order valence-corrected chi connectivity index (χ3v) is 5.99. The summed E-state index contributed by atoms with van der Waals surface area (Å²) in [5.74, 6) is 0. The molecule has 18 heavy (non-hydrogen) atoms. The van der Waals surface area contributed by atoms with Crippen molar-refractivity contribution in [2.24, 2.45) is 0 Å². The highest BCUT2D eigenvalue weighted by atomic mass is 28.4. The quantitative estimate of drug-likeness (QED) is 0.478. The van der Waals surface area contributed by atoms with Crippen molar-refractivity contribution in [1.29, 1.82) is 0 Å². The van der Waals surface area contributed by atoms with Crippen LogP contribution in [0, 0.1) is 0 Å². The van der Waals surface area contributed by atoms with Gasteiger partial charge in [-0.3, -0.25) is 9.89 Å². The van der Waals surface area contributed by atoms with Gasteiger partial charge in [-0.25, -0.2) is 0 Å². The molecule has 1 N–H and O–H groups in total. The fourth-order valence-corrected chi connectivity index (χ4v) is 4.74. The number of hydrogen-bond donors (Lipinski definition) is 1. The molecule has 0 aromatic rings. The van der Waals surface area contributed by atoms with Gasteiger partial charge in [-0.1, -0.05) is 0 Å². The first-order chi connectivity index (χ1) is 8.76. The summed E-state index contributed by atoms with van der Waals surface area (Å²) < 4.78 is 19.8. The maximum Gasteiger partial charge on any atom is 0.501 e. The SMILES string of the molecule is CCO[Si](CCC[N+]1=CNCC1)(OCC)OCC. The lowest BCUT2D eigenvalue weighted by Crippen LogP contribution is -2.46. The van der Waals surface area contributed by atoms with Gasteiger partial charge in [-0.05, 0) is 27.2 Å². The van der Waals surface area contributed by atoms with Gasteiger partial charge in [-0.2, -0.15) is 0 Å². The van der Waals surface area contributed by atoms with Crippen molar-refractivity contribution in [3.8, 4) is 0 Å². The predicted octanol–water partition coefficient (Wildman–Crippen LogP) is 1.07. The highest BCUT2D eigenvalue weighted by molar-refractivity contribution is 6.60. The summed E-state index contributed by atoms with van der Waals surface area (Å²) in [5.41, 5.74) is 0. The Labute approximate surface area is 111 Å². The molecule has 0 saturated carbocycles. The topological polar surface area (TPSA) is 42.7 Å². The molecule has 5 nitrogen and oxygen atoms in total. The third-order valence-electron chi connectivity index (χ3n) is 2.84. The van der Waals surface area contributed by atoms with E-state index in [0.717, 1.165) is 32.1 Å². The highest BCUT2D eigenvalue weighted by Crippen LogP contribution is 2.18. The fourth-order valence-electron chi connectivity index (χ4n) is 2.14. The fraction of sp³-hybridized carbons (Fsp3) is 0.917. The second-order valence-corrected chi connectivity index (χ2v) is 6.94. The van der Waals surface area contributed by atoms with E-state index >= 15 is 0 Å². The van der Waals surface area contributed by atoms with E-state index in [9.17, 15) is 0 Å². The average Bonchev–Trinajstić information content (AvgIpc) is 2.83. The van der Waals surface area contributed by atoms with Crippen LogP contribution in [0.5, 0.6) is 0 Å². The van der Waals surface area contributed by atoms with Crippen molar-refractivity contribution in [2.75, 3.05) is 39.5 Å². The van der Waals surface area contributed by atoms with Crippen molar-refractivity contribution in [3.63, 3.8) is 0 Å². The summed E-state index contributed by atoms with van der Waals surface area (Å²) in [7, 11) is -2.43. The Morgan fingerprint density at radius 1 is 1.11 bits per heavy atom. The lowest BCUT2D eigenvalue weighted by molar-refractivity contribution is -0.513. The van der Waals surface area contributed by atoms with Crippen LogP contribution in [0.15, 0.2) is 0 Å². The molecule has 1 aliphatic rings. The molecule has 0 spiro atoms. The molecular formula is C12H27N2O3Si+. The number of rotatable bonds is 10. The van der Waals surface area contributed by atoms with Crippen LogP contribution in [-0.4, -0.2) is 59.2 Å². The lowest BCUT2D eigenvalue weighted by atomic mass is 10.4. The Balaban J connectivity index is 2.42. The Bertz CT molecular complexity index is 245. The molecule has 0 saturated heterocycles. The molecule has 1 rings (SSSR count). The maximum atomic E-state index is 5.83. The number of nitrogens with one attached hydrogen (secondary N) is 1. The van der Waals surface area contributed by atoms with Gasteiger partial charge in [0, 0.05) is 25.9 Å². The normalized spacial score (nSPS) is 15.6. The predicted molar refractivity (Wildman–Crippen MR) is 74.1 cm³/mol. The van der Waals surface area contributed by atoms with E-state index in [1.807, 2.05) is 20.8 Å². The Kier molecular flexibility index (Phi) is 7.49. The minimum Gasteiger partial charge on any atom is -0.374 e. The van der Waals surface area contributed by atoms with Gasteiger partial charge in [0.05, 0.1) is 6.54 Å². The summed E-state index contributed by atoms with van der Waals surface area (Å²) in [6.45, 7) is 11.1. The van der Waals surface area contributed by atoms with Crippen LogP contribution in [0.2, 0.25) is 6.04 Å². The summed E-state index contributed by atoms with van der Waals surface area (Å²) in [6.07, 6.45) is 3.11. The molecule has 0 radical (unpaired) electrons. The minimum atomic E-state index is -2.43. The van der Waals surface area contributed by atoms with E-state index in [0.29, 0.717) is 19.8 Å². The van der Waals surface area contributed by atoms with Gasteiger partial charge in [0.2, 0.25) is 6.34 Å². The van der Waals surface area contributed by atoms with Crippen molar-refractivity contribution in [1.82, 2.24) is 5.32 Å². The molecule has 0 amide bonds. The standard InChI is InChI=1S/C12H26N2O3Si/c1-4-15-18(16-5-2,17-6-3)11-7-9-14-10-8-13-12-14/h12H,4-11H2,1-3H3/p+1. The van der Waals surface area contributed by atoms with Crippen molar-refractivity contribution in [2.45, 2.75) is 33.2 Å². The van der Waals surface area contributed by atoms with E-state index < -0.39 is 8.80 Å². The molecule has 0 bridgehead atoms. The molecule has 0 unspecified atom stereocenters. The summed E-state index contributed by atoms with van der Waals surface area (Å²) in [6, 6.07) is 0.896. The maximum absolute atomic E-state index is 5.83. The zero-order valence-electron chi connectivity index (χ0n) is 11.9. The van der Waals surface area contributed by atoms with Gasteiger partial charge in [0.25, 0.3) is 0 Å². The summed E-state index contributed by atoms with van der Waals surface area (Å²) in [5, 5.41) is 3.21. The van der Waals surface area contributed by atoms with Crippen LogP contribution in [0.3, 0.4) is 0 Å². The van der Waals surface area contributed by atoms with E-state index in [1.54, 1.807) is 0 Å². The lowest BCUT2D eigenvalue weighted by Gasteiger charge is -2.28. The van der Waals surface area contributed by atoms with Crippen LogP contribution in [0.1, 0.15) is 27.2 Å². The molecule has 1 heterocycles. The first-order valence-corrected chi connectivity index (χ1v) is 8.92. The highest BCUT2D eigenvalue weighted by Gasteiger charge is 2.39. The van der Waals surface area contributed by atoms with Crippen LogP contribution in [0.25, 0.3) is 0 Å². The largest absolute Gasteiger partial charge is 0.501 e. The van der Waals surface area contributed by atoms with E-state index in [4.69, 9.17) is 13.3 Å². The van der Waals surface area contributed by atoms with Crippen molar-refractivity contribution < 1.29 is 17.9 Å². The smallest absolute Gasteiger partial charge is 0.374 e. The van der Waals surface area contributed by atoms with Crippen molar-refractivity contribution >= 4 is 15.1 Å². The number of nitrogens with zero attached hydrogens (tertiary/aromatic N) is 1. The summed E-state index contributed by atoms with van der Waals surface area (Å²) in [4.78, 5) is 0. The third kappa shape index (κ3) is 5.05. The minimum absolute atomic E-state index is 0.656. The van der Waals surface area contributed by atoms with Gasteiger partial charge in [0.15, 0.2) is 0 Å². The first-order valence-electron chi connectivity index (χ1n) is 6.99. The van der Waals surface area contributed by atoms with Crippen LogP contribution >= 0.6 is 0 Å². The van der Waals surface area contributed by atoms with Gasteiger partial charge >= 0.3 is 8.80 Å². The van der Waals surface area contributed by atoms with Crippen molar-refractivity contribution in [3.05, 3.63) is 0 Å². The summed E-state index contributed by atoms with van der Waals surface area (Å²) >= 11 is 0. The van der Waals surface area contributed by atoms with Crippen LogP contribution in [-0.2, 0) is 13.3 Å². The second-order valence-electron chi connectivity index (χ2n) is 4.20. The average molecular weight is 275 g/mol. The molecule has 0 fully saturated rings. The second kappa shape index (κ2) is 8.63. The molecule has 0 aromatic heterocycles. The van der Waals surface area contributed by atoms with Gasteiger partial charge in [0.1, 0.15) is 13.1 Å². The van der Waals surface area contributed by atoms with E-state index in [1.165, 1.54) is 0 Å². The van der Waals surface area contributed by atoms with Crippen LogP contribution < -0.4 is 5.32 Å². The van der Waals surface area contributed by atoms with Crippen LogP contribution in [0.4, 0.5) is 0 Å². The first kappa shape index (κ1) is 15.6. The van der Waals surface area contributed by atoms with E-state index in [-0.39, 0.29) is 0 Å². The molecule has 0 aliphatic carbocycles. The molecule has 0 atom stereocenters. The molecule has 6 heteroatoms. The van der Waals surface area contributed by atoms with Gasteiger partial charge in [-0.15, -0.1) is 0 Å². The molecule has 1 aliphatic heterocycles. The molecule has 106 valence electrons. The zero-order valence-corrected chi connectivity index (χ0v) is 12.9. The Morgan fingerprint density at radius 2 is 1.72 bits per heavy atom.